The highest BCUT2D eigenvalue weighted by Gasteiger charge is 2.17. The maximum atomic E-state index is 12.7. The van der Waals surface area contributed by atoms with Crippen molar-refractivity contribution in [2.45, 2.75) is 45.7 Å². The fourth-order valence-electron chi connectivity index (χ4n) is 3.18. The van der Waals surface area contributed by atoms with Crippen LogP contribution in [0.4, 0.5) is 11.4 Å². The number of fused-ring (bicyclic) bond motifs is 1. The van der Waals surface area contributed by atoms with E-state index in [1.54, 1.807) is 6.92 Å². The van der Waals surface area contributed by atoms with Gasteiger partial charge < -0.3 is 10.3 Å². The standard InChI is InChI=1S/C21H24N4O4S2/c1-5-11(2)8-15-13(4)31-20-18(15)19(27)23-21(24-20)30-10-17(26)22-16-7-6-14(25(28)29)9-12(16)3/h6-7,9,11H,5,8,10H2,1-4H3,(H,22,26)(H,23,24,27). The molecule has 0 aliphatic carbocycles. The molecule has 8 nitrogen and oxygen atoms in total. The Balaban J connectivity index is 1.72. The number of aromatic amines is 1. The van der Waals surface area contributed by atoms with Gasteiger partial charge in [-0.3, -0.25) is 19.7 Å². The zero-order chi connectivity index (χ0) is 22.7. The van der Waals surface area contributed by atoms with Gasteiger partial charge >= 0.3 is 0 Å². The summed E-state index contributed by atoms with van der Waals surface area (Å²) >= 11 is 2.65. The number of nitrogens with zero attached hydrogens (tertiary/aromatic N) is 2. The van der Waals surface area contributed by atoms with Crippen molar-refractivity contribution in [1.82, 2.24) is 9.97 Å². The summed E-state index contributed by atoms with van der Waals surface area (Å²) < 4.78 is 0. The Bertz CT molecular complexity index is 1200. The van der Waals surface area contributed by atoms with E-state index in [9.17, 15) is 19.7 Å². The second-order valence-electron chi connectivity index (χ2n) is 7.50. The lowest BCUT2D eigenvalue weighted by Crippen LogP contribution is -2.16. The van der Waals surface area contributed by atoms with Crippen molar-refractivity contribution in [2.75, 3.05) is 11.1 Å². The number of thioether (sulfide) groups is 1. The molecule has 0 saturated carbocycles. The van der Waals surface area contributed by atoms with Crippen molar-refractivity contribution in [3.63, 3.8) is 0 Å². The van der Waals surface area contributed by atoms with E-state index in [1.165, 1.54) is 29.5 Å². The van der Waals surface area contributed by atoms with Crippen molar-refractivity contribution in [3.8, 4) is 0 Å². The van der Waals surface area contributed by atoms with E-state index in [1.807, 2.05) is 6.92 Å². The molecule has 2 N–H and O–H groups in total. The Hall–Kier alpha value is -2.72. The van der Waals surface area contributed by atoms with Gasteiger partial charge in [-0.2, -0.15) is 0 Å². The molecule has 164 valence electrons. The lowest BCUT2D eigenvalue weighted by molar-refractivity contribution is -0.384. The van der Waals surface area contributed by atoms with Gasteiger partial charge in [-0.1, -0.05) is 32.0 Å². The van der Waals surface area contributed by atoms with Gasteiger partial charge in [0.25, 0.3) is 11.2 Å². The molecule has 3 rings (SSSR count). The van der Waals surface area contributed by atoms with E-state index in [-0.39, 0.29) is 22.9 Å². The minimum Gasteiger partial charge on any atom is -0.325 e. The molecule has 31 heavy (non-hydrogen) atoms. The number of hydrogen-bond acceptors (Lipinski definition) is 7. The summed E-state index contributed by atoms with van der Waals surface area (Å²) in [7, 11) is 0. The van der Waals surface area contributed by atoms with E-state index in [4.69, 9.17) is 0 Å². The van der Waals surface area contributed by atoms with Crippen LogP contribution >= 0.6 is 23.1 Å². The quantitative estimate of drug-likeness (QED) is 0.215. The SMILES string of the molecule is CCC(C)Cc1c(C)sc2nc(SCC(=O)Nc3ccc([N+](=O)[O-])cc3C)[nH]c(=O)c12. The van der Waals surface area contributed by atoms with Crippen LogP contribution in [-0.4, -0.2) is 26.6 Å². The number of carbonyl (C=O) groups excluding carboxylic acids is 1. The molecule has 0 fully saturated rings. The zero-order valence-corrected chi connectivity index (χ0v) is 19.4. The summed E-state index contributed by atoms with van der Waals surface area (Å²) in [6, 6.07) is 4.26. The lowest BCUT2D eigenvalue weighted by atomic mass is 9.98. The van der Waals surface area contributed by atoms with Gasteiger partial charge in [0.2, 0.25) is 5.91 Å². The molecule has 0 saturated heterocycles. The lowest BCUT2D eigenvalue weighted by Gasteiger charge is -2.09. The Morgan fingerprint density at radius 3 is 2.77 bits per heavy atom. The molecule has 0 radical (unpaired) electrons. The number of carbonyl (C=O) groups is 1. The number of H-pyrrole nitrogens is 1. The average Bonchev–Trinajstić information content (AvgIpc) is 3.03. The minimum atomic E-state index is -0.479. The van der Waals surface area contributed by atoms with Gasteiger partial charge in [-0.05, 0) is 43.4 Å². The van der Waals surface area contributed by atoms with Crippen LogP contribution in [0.1, 0.15) is 36.3 Å². The van der Waals surface area contributed by atoms with Crippen LogP contribution in [0.15, 0.2) is 28.2 Å². The van der Waals surface area contributed by atoms with Crippen molar-refractivity contribution < 1.29 is 9.72 Å². The third-order valence-electron chi connectivity index (χ3n) is 5.13. The fraction of sp³-hybridized carbons (Fsp3) is 0.381. The van der Waals surface area contributed by atoms with E-state index in [0.29, 0.717) is 32.5 Å². The number of rotatable bonds is 8. The Morgan fingerprint density at radius 2 is 2.13 bits per heavy atom. The molecule has 0 spiro atoms. The molecule has 3 aromatic rings. The molecule has 0 bridgehead atoms. The molecular weight excluding hydrogens is 436 g/mol. The zero-order valence-electron chi connectivity index (χ0n) is 17.8. The first-order valence-corrected chi connectivity index (χ1v) is 11.7. The van der Waals surface area contributed by atoms with Crippen LogP contribution < -0.4 is 10.9 Å². The predicted octanol–water partition coefficient (Wildman–Crippen LogP) is 4.83. The molecule has 2 aromatic heterocycles. The van der Waals surface area contributed by atoms with Crippen LogP contribution in [0.5, 0.6) is 0 Å². The van der Waals surface area contributed by atoms with E-state index in [0.717, 1.165) is 35.0 Å². The van der Waals surface area contributed by atoms with Gasteiger partial charge in [0.15, 0.2) is 5.16 Å². The Labute approximate surface area is 187 Å². The van der Waals surface area contributed by atoms with Crippen molar-refractivity contribution in [1.29, 1.82) is 0 Å². The van der Waals surface area contributed by atoms with Crippen LogP contribution in [0.25, 0.3) is 10.2 Å². The Kier molecular flexibility index (Phi) is 7.11. The number of nitro groups is 1. The van der Waals surface area contributed by atoms with E-state index in [2.05, 4.69) is 29.1 Å². The van der Waals surface area contributed by atoms with Crippen LogP contribution in [0.2, 0.25) is 0 Å². The number of aromatic nitrogens is 2. The summed E-state index contributed by atoms with van der Waals surface area (Å²) in [4.78, 5) is 44.5. The highest BCUT2D eigenvalue weighted by molar-refractivity contribution is 7.99. The van der Waals surface area contributed by atoms with Crippen LogP contribution in [-0.2, 0) is 11.2 Å². The second kappa shape index (κ2) is 9.61. The van der Waals surface area contributed by atoms with Gasteiger partial charge in [0, 0.05) is 22.7 Å². The predicted molar refractivity (Wildman–Crippen MR) is 125 cm³/mol. The van der Waals surface area contributed by atoms with Crippen molar-refractivity contribution in [2.24, 2.45) is 5.92 Å². The number of nitro benzene ring substituents is 1. The van der Waals surface area contributed by atoms with E-state index >= 15 is 0 Å². The van der Waals surface area contributed by atoms with Crippen molar-refractivity contribution >= 4 is 50.6 Å². The molecule has 2 heterocycles. The maximum absolute atomic E-state index is 12.7. The largest absolute Gasteiger partial charge is 0.325 e. The summed E-state index contributed by atoms with van der Waals surface area (Å²) in [6.45, 7) is 8.00. The fourth-order valence-corrected chi connectivity index (χ4v) is 4.96. The summed E-state index contributed by atoms with van der Waals surface area (Å²) in [5.74, 6) is 0.246. The van der Waals surface area contributed by atoms with Crippen LogP contribution in [0.3, 0.4) is 0 Å². The molecule has 1 aromatic carbocycles. The number of amides is 1. The van der Waals surface area contributed by atoms with E-state index < -0.39 is 4.92 Å². The number of hydrogen-bond donors (Lipinski definition) is 2. The number of nitrogens with one attached hydrogen (secondary N) is 2. The van der Waals surface area contributed by atoms with Gasteiger partial charge in [-0.25, -0.2) is 4.98 Å². The number of aryl methyl sites for hydroxylation is 2. The molecule has 0 aliphatic heterocycles. The summed E-state index contributed by atoms with van der Waals surface area (Å²) in [5, 5.41) is 14.6. The van der Waals surface area contributed by atoms with Crippen molar-refractivity contribution in [3.05, 3.63) is 54.7 Å². The van der Waals surface area contributed by atoms with Crippen LogP contribution in [0, 0.1) is 29.9 Å². The highest BCUT2D eigenvalue weighted by atomic mass is 32.2. The molecule has 10 heteroatoms. The van der Waals surface area contributed by atoms with Gasteiger partial charge in [-0.15, -0.1) is 11.3 Å². The number of thiophene rings is 1. The average molecular weight is 461 g/mol. The third-order valence-corrected chi connectivity index (χ3v) is 7.04. The third kappa shape index (κ3) is 5.31. The first-order chi connectivity index (χ1) is 14.7. The molecular formula is C21H24N4O4S2. The normalized spacial score (nSPS) is 12.1. The summed E-state index contributed by atoms with van der Waals surface area (Å²) in [5.41, 5.74) is 1.96. The second-order valence-corrected chi connectivity index (χ2v) is 9.67. The van der Waals surface area contributed by atoms with Gasteiger partial charge in [0.05, 0.1) is 16.1 Å². The smallest absolute Gasteiger partial charge is 0.269 e. The summed E-state index contributed by atoms with van der Waals surface area (Å²) in [6.07, 6.45) is 1.88. The monoisotopic (exact) mass is 460 g/mol. The number of benzene rings is 1. The Morgan fingerprint density at radius 1 is 1.39 bits per heavy atom. The first-order valence-electron chi connectivity index (χ1n) is 9.89. The van der Waals surface area contributed by atoms with Gasteiger partial charge in [0.1, 0.15) is 4.83 Å². The molecule has 0 aliphatic rings. The maximum Gasteiger partial charge on any atom is 0.269 e. The topological polar surface area (TPSA) is 118 Å². The minimum absolute atomic E-state index is 0.0288. The molecule has 1 unspecified atom stereocenters. The molecule has 1 amide bonds. The highest BCUT2D eigenvalue weighted by Crippen LogP contribution is 2.30. The first kappa shape index (κ1) is 23.0. The number of non-ortho nitro benzene ring substituents is 1. The molecule has 1 atom stereocenters. The number of anilines is 1.